The number of aryl methyl sites for hydroxylation is 1. The Balaban J connectivity index is 1.89. The van der Waals surface area contributed by atoms with Crippen LogP contribution >= 0.6 is 11.5 Å². The summed E-state index contributed by atoms with van der Waals surface area (Å²) in [5.74, 6) is -2.49. The van der Waals surface area contributed by atoms with Gasteiger partial charge in [-0.25, -0.2) is 0 Å². The number of nitrogens with zero attached hydrogens (tertiary/aromatic N) is 3. The molecule has 2 amide bonds. The fraction of sp³-hybridized carbons (Fsp3) is 0.158. The number of hydrogen-bond donors (Lipinski definition) is 2. The van der Waals surface area contributed by atoms with Crippen LogP contribution < -0.4 is 11.1 Å². The number of Topliss-reactive ketones (excluding diaryl/α,β-unsaturated/α-hetero) is 1. The second-order valence-electron chi connectivity index (χ2n) is 6.00. The molecule has 0 aliphatic rings. The highest BCUT2D eigenvalue weighted by Crippen LogP contribution is 2.28. The number of hydrogen-bond acceptors (Lipinski definition) is 7. The number of ketones is 1. The molecule has 9 heteroatoms. The van der Waals surface area contributed by atoms with E-state index in [1.165, 1.54) is 0 Å². The smallest absolute Gasteiger partial charge is 0.287 e. The number of rotatable bonds is 7. The molecule has 3 N–H and O–H groups in total. The van der Waals surface area contributed by atoms with Crippen LogP contribution in [0.15, 0.2) is 48.9 Å². The lowest BCUT2D eigenvalue weighted by molar-refractivity contribution is -0.137. The first-order valence-electron chi connectivity index (χ1n) is 8.38. The van der Waals surface area contributed by atoms with Gasteiger partial charge in [-0.05, 0) is 48.3 Å². The monoisotopic (exact) mass is 395 g/mol. The Morgan fingerprint density at radius 1 is 1.14 bits per heavy atom. The molecule has 0 aliphatic heterocycles. The molecule has 3 aromatic rings. The quantitative estimate of drug-likeness (QED) is 0.581. The Bertz CT molecular complexity index is 1000. The molecule has 142 valence electrons. The van der Waals surface area contributed by atoms with Crippen molar-refractivity contribution in [3.05, 3.63) is 65.1 Å². The van der Waals surface area contributed by atoms with Gasteiger partial charge in [0.25, 0.3) is 11.8 Å². The Kier molecular flexibility index (Phi) is 5.85. The summed E-state index contributed by atoms with van der Waals surface area (Å²) in [6.07, 6.45) is 4.87. The van der Waals surface area contributed by atoms with Crippen LogP contribution in [0.4, 0.5) is 0 Å². The zero-order chi connectivity index (χ0) is 20.1. The van der Waals surface area contributed by atoms with Gasteiger partial charge in [-0.3, -0.25) is 24.4 Å². The van der Waals surface area contributed by atoms with Gasteiger partial charge in [0.15, 0.2) is 0 Å². The summed E-state index contributed by atoms with van der Waals surface area (Å²) in [6.45, 7) is 1.78. The molecular formula is C19H17N5O3S. The van der Waals surface area contributed by atoms with Gasteiger partial charge in [0.1, 0.15) is 10.9 Å². The van der Waals surface area contributed by atoms with Crippen LogP contribution in [0, 0.1) is 6.92 Å². The predicted molar refractivity (Wildman–Crippen MR) is 103 cm³/mol. The van der Waals surface area contributed by atoms with Crippen LogP contribution in [0.1, 0.15) is 20.9 Å². The molecule has 0 bridgehead atoms. The largest absolute Gasteiger partial charge is 0.363 e. The normalized spacial score (nSPS) is 11.6. The molecule has 0 saturated heterocycles. The number of nitrogens with one attached hydrogen (secondary N) is 1. The highest BCUT2D eigenvalue weighted by Gasteiger charge is 2.28. The summed E-state index contributed by atoms with van der Waals surface area (Å²) < 4.78 is 4.24. The van der Waals surface area contributed by atoms with Gasteiger partial charge in [-0.2, -0.15) is 4.37 Å². The first-order valence-corrected chi connectivity index (χ1v) is 9.15. The third kappa shape index (κ3) is 4.26. The maximum Gasteiger partial charge on any atom is 0.287 e. The van der Waals surface area contributed by atoms with E-state index in [2.05, 4.69) is 19.7 Å². The minimum Gasteiger partial charge on any atom is -0.363 e. The molecule has 0 radical (unpaired) electrons. The van der Waals surface area contributed by atoms with Gasteiger partial charge in [0, 0.05) is 30.6 Å². The fourth-order valence-corrected chi connectivity index (χ4v) is 3.50. The van der Waals surface area contributed by atoms with E-state index in [9.17, 15) is 14.4 Å². The van der Waals surface area contributed by atoms with Crippen molar-refractivity contribution in [3.63, 3.8) is 0 Å². The molecule has 1 unspecified atom stereocenters. The SMILES string of the molecule is Cc1nsc(C(=O)NC(Cc2ccncc2)C(=O)C(N)=O)c1-c1ccccn1. The molecule has 0 aromatic carbocycles. The maximum absolute atomic E-state index is 12.9. The lowest BCUT2D eigenvalue weighted by Crippen LogP contribution is -2.47. The average molecular weight is 395 g/mol. The standard InChI is InChI=1S/C19H17N5O3S/c1-11-15(13-4-2-3-7-22-13)17(28-24-11)19(27)23-14(16(25)18(20)26)10-12-5-8-21-9-6-12/h2-9,14H,10H2,1H3,(H2,20,26)(H,23,27). The first-order chi connectivity index (χ1) is 13.5. The van der Waals surface area contributed by atoms with Gasteiger partial charge < -0.3 is 11.1 Å². The third-order valence-corrected chi connectivity index (χ3v) is 4.98. The van der Waals surface area contributed by atoms with Crippen molar-refractivity contribution in [1.29, 1.82) is 0 Å². The van der Waals surface area contributed by atoms with Crippen molar-refractivity contribution in [2.75, 3.05) is 0 Å². The summed E-state index contributed by atoms with van der Waals surface area (Å²) in [7, 11) is 0. The summed E-state index contributed by atoms with van der Waals surface area (Å²) in [5.41, 5.74) is 7.75. The Labute approximate surface area is 165 Å². The zero-order valence-electron chi connectivity index (χ0n) is 15.0. The first kappa shape index (κ1) is 19.3. The topological polar surface area (TPSA) is 128 Å². The molecule has 28 heavy (non-hydrogen) atoms. The predicted octanol–water partition coefficient (Wildman–Crippen LogP) is 1.30. The van der Waals surface area contributed by atoms with Crippen LogP contribution in [-0.2, 0) is 16.0 Å². The average Bonchev–Trinajstić information content (AvgIpc) is 3.09. The van der Waals surface area contributed by atoms with Crippen LogP contribution in [0.3, 0.4) is 0 Å². The third-order valence-electron chi connectivity index (χ3n) is 4.04. The zero-order valence-corrected chi connectivity index (χ0v) is 15.8. The van der Waals surface area contributed by atoms with E-state index in [1.807, 2.05) is 6.07 Å². The van der Waals surface area contributed by atoms with E-state index in [-0.39, 0.29) is 6.42 Å². The summed E-state index contributed by atoms with van der Waals surface area (Å²) in [6, 6.07) is 7.66. The Hall–Kier alpha value is -3.46. The van der Waals surface area contributed by atoms with Crippen molar-refractivity contribution in [2.45, 2.75) is 19.4 Å². The van der Waals surface area contributed by atoms with E-state index in [1.54, 1.807) is 49.8 Å². The highest BCUT2D eigenvalue weighted by atomic mass is 32.1. The number of aromatic nitrogens is 3. The van der Waals surface area contributed by atoms with Gasteiger partial charge in [-0.1, -0.05) is 6.07 Å². The lowest BCUT2D eigenvalue weighted by Gasteiger charge is -2.16. The number of pyridine rings is 2. The van der Waals surface area contributed by atoms with E-state index >= 15 is 0 Å². The van der Waals surface area contributed by atoms with Crippen LogP contribution in [0.25, 0.3) is 11.3 Å². The van der Waals surface area contributed by atoms with Crippen LogP contribution in [0.2, 0.25) is 0 Å². The lowest BCUT2D eigenvalue weighted by atomic mass is 10.0. The molecule has 3 heterocycles. The molecule has 0 spiro atoms. The second kappa shape index (κ2) is 8.49. The Morgan fingerprint density at radius 2 is 1.89 bits per heavy atom. The molecule has 0 fully saturated rings. The van der Waals surface area contributed by atoms with Crippen molar-refractivity contribution in [1.82, 2.24) is 19.7 Å². The molecular weight excluding hydrogens is 378 g/mol. The molecule has 3 rings (SSSR count). The maximum atomic E-state index is 12.9. The minimum absolute atomic E-state index is 0.118. The number of carbonyl (C=O) groups is 3. The summed E-state index contributed by atoms with van der Waals surface area (Å²) in [4.78, 5) is 45.1. The van der Waals surface area contributed by atoms with E-state index in [4.69, 9.17) is 5.73 Å². The van der Waals surface area contributed by atoms with Crippen molar-refractivity contribution >= 4 is 29.1 Å². The second-order valence-corrected chi connectivity index (χ2v) is 6.77. The van der Waals surface area contributed by atoms with E-state index in [0.29, 0.717) is 21.8 Å². The van der Waals surface area contributed by atoms with Crippen LogP contribution in [-0.4, -0.2) is 38.0 Å². The van der Waals surface area contributed by atoms with Crippen molar-refractivity contribution in [2.24, 2.45) is 5.73 Å². The number of primary amides is 1. The summed E-state index contributed by atoms with van der Waals surface area (Å²) >= 11 is 1.01. The van der Waals surface area contributed by atoms with Gasteiger partial charge in [-0.15, -0.1) is 0 Å². The van der Waals surface area contributed by atoms with E-state index in [0.717, 1.165) is 17.1 Å². The molecule has 0 saturated carbocycles. The molecule has 0 aliphatic carbocycles. The number of amides is 2. The number of nitrogens with two attached hydrogens (primary N) is 1. The van der Waals surface area contributed by atoms with Gasteiger partial charge in [0.2, 0.25) is 5.78 Å². The molecule has 3 aromatic heterocycles. The van der Waals surface area contributed by atoms with Gasteiger partial charge in [0.05, 0.1) is 11.4 Å². The van der Waals surface area contributed by atoms with Gasteiger partial charge >= 0.3 is 0 Å². The molecule has 1 atom stereocenters. The highest BCUT2D eigenvalue weighted by molar-refractivity contribution is 7.08. The van der Waals surface area contributed by atoms with E-state index < -0.39 is 23.6 Å². The summed E-state index contributed by atoms with van der Waals surface area (Å²) in [5, 5.41) is 2.62. The fourth-order valence-electron chi connectivity index (χ4n) is 2.70. The molecule has 8 nitrogen and oxygen atoms in total. The Morgan fingerprint density at radius 3 is 2.54 bits per heavy atom. The number of carbonyl (C=O) groups excluding carboxylic acids is 3. The van der Waals surface area contributed by atoms with Crippen molar-refractivity contribution < 1.29 is 14.4 Å². The van der Waals surface area contributed by atoms with Crippen molar-refractivity contribution in [3.8, 4) is 11.3 Å². The minimum atomic E-state index is -1.11. The van der Waals surface area contributed by atoms with Crippen LogP contribution in [0.5, 0.6) is 0 Å².